The van der Waals surface area contributed by atoms with Crippen LogP contribution in [0.4, 0.5) is 0 Å². The second-order valence-electron chi connectivity index (χ2n) is 18.8. The minimum absolute atomic E-state index is 0.0144. The van der Waals surface area contributed by atoms with Crippen molar-refractivity contribution in [2.24, 2.45) is 0 Å². The Morgan fingerprint density at radius 3 is 1.00 bits per heavy atom. The van der Waals surface area contributed by atoms with Crippen LogP contribution in [0.1, 0.15) is 239 Å². The molecule has 0 heterocycles. The monoisotopic (exact) mass is 993 g/mol. The topological polar surface area (TPSA) is 61.8 Å². The largest absolute Gasteiger partial charge is 0.462 e. The molecular weight excluding hydrogens is 885 g/mol. The number of ether oxygens (including phenoxy) is 3. The summed E-state index contributed by atoms with van der Waals surface area (Å²) in [6.07, 6.45) is 89.0. The Balaban J connectivity index is 4.51. The molecule has 0 saturated heterocycles. The van der Waals surface area contributed by atoms with Crippen LogP contribution in [0.3, 0.4) is 0 Å². The molecule has 0 amide bonds. The van der Waals surface area contributed by atoms with E-state index in [1.807, 2.05) is 6.08 Å². The summed E-state index contributed by atoms with van der Waals surface area (Å²) >= 11 is 0. The van der Waals surface area contributed by atoms with Gasteiger partial charge in [-0.25, -0.2) is 0 Å². The van der Waals surface area contributed by atoms with Gasteiger partial charge >= 0.3 is 11.9 Å². The number of esters is 2. The fraction of sp³-hybridized carbons (Fsp3) is 0.612. The molecule has 0 aliphatic rings. The van der Waals surface area contributed by atoms with Crippen LogP contribution in [-0.2, 0) is 23.8 Å². The zero-order valence-corrected chi connectivity index (χ0v) is 46.6. The van der Waals surface area contributed by atoms with Gasteiger partial charge in [-0.05, 0) is 103 Å². The molecule has 0 aromatic carbocycles. The van der Waals surface area contributed by atoms with Crippen molar-refractivity contribution in [2.75, 3.05) is 19.8 Å². The molecule has 0 fully saturated rings. The van der Waals surface area contributed by atoms with Crippen LogP contribution in [0.2, 0.25) is 0 Å². The first kappa shape index (κ1) is 67.8. The van der Waals surface area contributed by atoms with E-state index < -0.39 is 6.10 Å². The second-order valence-corrected chi connectivity index (χ2v) is 18.8. The maximum atomic E-state index is 12.9. The van der Waals surface area contributed by atoms with Crippen molar-refractivity contribution in [3.05, 3.63) is 146 Å². The van der Waals surface area contributed by atoms with Crippen molar-refractivity contribution in [1.29, 1.82) is 0 Å². The molecule has 0 aromatic rings. The number of carbonyl (C=O) groups is 2. The van der Waals surface area contributed by atoms with Crippen LogP contribution in [0.25, 0.3) is 0 Å². The Kier molecular flexibility index (Phi) is 57.5. The molecule has 0 spiro atoms. The third kappa shape index (κ3) is 58.4. The molecule has 0 saturated carbocycles. The maximum absolute atomic E-state index is 12.9. The van der Waals surface area contributed by atoms with E-state index in [0.29, 0.717) is 19.4 Å². The molecule has 0 aliphatic carbocycles. The number of hydrogen-bond acceptors (Lipinski definition) is 5. The minimum atomic E-state index is -0.607. The second kappa shape index (κ2) is 61.1. The number of rotatable bonds is 52. The Morgan fingerprint density at radius 1 is 0.319 bits per heavy atom. The average molecular weight is 994 g/mol. The number of hydrogen-bond donors (Lipinski definition) is 0. The first-order valence-electron chi connectivity index (χ1n) is 29.4. The summed E-state index contributed by atoms with van der Waals surface area (Å²) in [5, 5.41) is 0. The van der Waals surface area contributed by atoms with E-state index in [-0.39, 0.29) is 31.6 Å². The van der Waals surface area contributed by atoms with Crippen molar-refractivity contribution in [3.8, 4) is 0 Å². The van der Waals surface area contributed by atoms with Gasteiger partial charge in [0.05, 0.1) is 6.61 Å². The maximum Gasteiger partial charge on any atom is 0.306 e. The Morgan fingerprint density at radius 2 is 0.639 bits per heavy atom. The fourth-order valence-corrected chi connectivity index (χ4v) is 7.61. The molecule has 406 valence electrons. The molecule has 5 nitrogen and oxygen atoms in total. The van der Waals surface area contributed by atoms with Gasteiger partial charge in [0.15, 0.2) is 6.10 Å². The van der Waals surface area contributed by atoms with Gasteiger partial charge in [-0.1, -0.05) is 269 Å². The predicted octanol–water partition coefficient (Wildman–Crippen LogP) is 20.5. The molecule has 72 heavy (non-hydrogen) atoms. The standard InChI is InChI=1S/C67H108O5/c1-4-7-10-13-16-19-22-25-28-31-33-35-38-41-44-47-50-53-56-59-62-70-63-65(72-67(69)61-58-55-52-49-46-43-40-36-30-27-24-21-18-15-12-9-6-3)64-71-66(68)60-57-54-51-48-45-42-39-37-34-32-29-26-23-20-17-14-11-8-5-2/h7-8,10-11,16-17,19-20,25-26,28-29,33-35,37,41-42,44-45,50-51,53-54,65H,4-6,9,12-15,18,21-24,27,30-32,36,38-40,43,46-49,52,55-64H2,1-3H3/b10-7-,11-8-,19-16-,20-17-,28-25-,29-26-,35-33-,37-34-,44-41-,45-42-,53-50-,54-51-. The van der Waals surface area contributed by atoms with Crippen molar-refractivity contribution in [2.45, 2.75) is 245 Å². The highest BCUT2D eigenvalue weighted by molar-refractivity contribution is 5.70. The summed E-state index contributed by atoms with van der Waals surface area (Å²) in [5.41, 5.74) is 0. The normalized spacial score (nSPS) is 13.3. The lowest BCUT2D eigenvalue weighted by atomic mass is 10.0. The molecule has 0 bridgehead atoms. The van der Waals surface area contributed by atoms with Crippen molar-refractivity contribution >= 4 is 11.9 Å². The predicted molar refractivity (Wildman–Crippen MR) is 315 cm³/mol. The Bertz CT molecular complexity index is 1540. The van der Waals surface area contributed by atoms with Crippen molar-refractivity contribution in [3.63, 3.8) is 0 Å². The fourth-order valence-electron chi connectivity index (χ4n) is 7.61. The van der Waals surface area contributed by atoms with Crippen LogP contribution >= 0.6 is 0 Å². The van der Waals surface area contributed by atoms with E-state index in [1.54, 1.807) is 0 Å². The highest BCUT2D eigenvalue weighted by Crippen LogP contribution is 2.15. The van der Waals surface area contributed by atoms with E-state index in [2.05, 4.69) is 161 Å². The molecule has 0 aliphatic heterocycles. The van der Waals surface area contributed by atoms with Crippen LogP contribution in [0.5, 0.6) is 0 Å². The van der Waals surface area contributed by atoms with Gasteiger partial charge in [0.1, 0.15) is 6.61 Å². The van der Waals surface area contributed by atoms with E-state index in [4.69, 9.17) is 14.2 Å². The average Bonchev–Trinajstić information content (AvgIpc) is 3.38. The van der Waals surface area contributed by atoms with Gasteiger partial charge in [0.2, 0.25) is 0 Å². The van der Waals surface area contributed by atoms with Gasteiger partial charge < -0.3 is 14.2 Å². The summed E-state index contributed by atoms with van der Waals surface area (Å²) in [6.45, 7) is 7.38. The Labute approximate surface area is 444 Å². The van der Waals surface area contributed by atoms with Gasteiger partial charge in [-0.3, -0.25) is 9.59 Å². The lowest BCUT2D eigenvalue weighted by Crippen LogP contribution is -2.30. The number of unbranched alkanes of at least 4 members (excludes halogenated alkanes) is 17. The van der Waals surface area contributed by atoms with E-state index >= 15 is 0 Å². The van der Waals surface area contributed by atoms with E-state index in [9.17, 15) is 9.59 Å². The lowest BCUT2D eigenvalue weighted by Gasteiger charge is -2.18. The molecule has 5 heteroatoms. The van der Waals surface area contributed by atoms with Gasteiger partial charge in [0, 0.05) is 19.4 Å². The minimum Gasteiger partial charge on any atom is -0.462 e. The van der Waals surface area contributed by atoms with E-state index in [0.717, 1.165) is 109 Å². The summed E-state index contributed by atoms with van der Waals surface area (Å²) < 4.78 is 17.3. The highest BCUT2D eigenvalue weighted by atomic mass is 16.6. The van der Waals surface area contributed by atoms with E-state index in [1.165, 1.54) is 89.9 Å². The van der Waals surface area contributed by atoms with Crippen LogP contribution < -0.4 is 0 Å². The molecule has 0 N–H and O–H groups in total. The highest BCUT2D eigenvalue weighted by Gasteiger charge is 2.17. The van der Waals surface area contributed by atoms with Crippen LogP contribution in [0.15, 0.2) is 146 Å². The lowest BCUT2D eigenvalue weighted by molar-refractivity contribution is -0.162. The summed E-state index contributed by atoms with van der Waals surface area (Å²) in [5.74, 6) is -0.530. The zero-order chi connectivity index (χ0) is 52.0. The molecule has 0 aromatic heterocycles. The van der Waals surface area contributed by atoms with Gasteiger partial charge in [0.25, 0.3) is 0 Å². The third-order valence-corrected chi connectivity index (χ3v) is 11.9. The smallest absolute Gasteiger partial charge is 0.306 e. The summed E-state index contributed by atoms with van der Waals surface area (Å²) in [6, 6.07) is 0. The van der Waals surface area contributed by atoms with Crippen molar-refractivity contribution < 1.29 is 23.8 Å². The molecule has 1 atom stereocenters. The SMILES string of the molecule is CC/C=C\C/C=C\C/C=C\C/C=C\C/C=C\C/C=C\CCCOCC(COC(=O)CC/C=C\C/C=C\C/C=C\C/C=C\C/C=C\C/C=C\CC)OC(=O)CCCCCCCCCCCCCCCCCCC. The molecule has 0 radical (unpaired) electrons. The molecule has 0 rings (SSSR count). The third-order valence-electron chi connectivity index (χ3n) is 11.9. The van der Waals surface area contributed by atoms with Crippen LogP contribution in [-0.4, -0.2) is 37.9 Å². The zero-order valence-electron chi connectivity index (χ0n) is 46.6. The van der Waals surface area contributed by atoms with Crippen LogP contribution in [0, 0.1) is 0 Å². The summed E-state index contributed by atoms with van der Waals surface area (Å²) in [7, 11) is 0. The summed E-state index contributed by atoms with van der Waals surface area (Å²) in [4.78, 5) is 25.5. The first-order valence-corrected chi connectivity index (χ1v) is 29.4. The quantitative estimate of drug-likeness (QED) is 0.0345. The number of carbonyl (C=O) groups excluding carboxylic acids is 2. The number of allylic oxidation sites excluding steroid dienone is 24. The van der Waals surface area contributed by atoms with Gasteiger partial charge in [-0.2, -0.15) is 0 Å². The Hall–Kier alpha value is -4.22. The van der Waals surface area contributed by atoms with Crippen molar-refractivity contribution in [1.82, 2.24) is 0 Å². The first-order chi connectivity index (χ1) is 35.6. The molecular formula is C67H108O5. The molecule has 1 unspecified atom stereocenters. The van der Waals surface area contributed by atoms with Gasteiger partial charge in [-0.15, -0.1) is 0 Å².